The fourth-order valence-electron chi connectivity index (χ4n) is 1.83. The number of methoxy groups -OCH3 is 2. The largest absolute Gasteiger partial charge is 0.497 e. The van der Waals surface area contributed by atoms with Gasteiger partial charge in [-0.25, -0.2) is 5.43 Å². The lowest BCUT2D eigenvalue weighted by Crippen LogP contribution is -2.24. The van der Waals surface area contributed by atoms with E-state index in [1.54, 1.807) is 56.7 Å². The monoisotopic (exact) mass is 348 g/mol. The summed E-state index contributed by atoms with van der Waals surface area (Å²) in [7, 11) is 3.12. The topological polar surface area (TPSA) is 69.2 Å². The molecule has 0 atom stereocenters. The Hall–Kier alpha value is -2.73. The van der Waals surface area contributed by atoms with Gasteiger partial charge in [-0.1, -0.05) is 11.6 Å². The van der Waals surface area contributed by atoms with Gasteiger partial charge in [-0.2, -0.15) is 5.10 Å². The number of nitrogens with one attached hydrogen (secondary N) is 1. The van der Waals surface area contributed by atoms with E-state index in [-0.39, 0.29) is 12.5 Å². The highest BCUT2D eigenvalue weighted by atomic mass is 35.5. The van der Waals surface area contributed by atoms with Crippen molar-refractivity contribution in [2.75, 3.05) is 20.8 Å². The number of hydrazone groups is 1. The smallest absolute Gasteiger partial charge is 0.277 e. The maximum atomic E-state index is 11.7. The minimum Gasteiger partial charge on any atom is -0.497 e. The molecule has 0 bridgehead atoms. The third-order valence-electron chi connectivity index (χ3n) is 3.01. The minimum atomic E-state index is -0.386. The van der Waals surface area contributed by atoms with Crippen molar-refractivity contribution >= 4 is 23.7 Å². The van der Waals surface area contributed by atoms with Crippen LogP contribution in [0.2, 0.25) is 5.02 Å². The van der Waals surface area contributed by atoms with Gasteiger partial charge in [0.25, 0.3) is 5.91 Å². The standard InChI is InChI=1S/C17H17ClN2O4/c1-22-15-7-8-16(23-2)12(9-15)10-19-20-17(21)11-24-14-5-3-13(18)4-6-14/h3-10H,11H2,1-2H3,(H,20,21)/b19-10+. The molecular weight excluding hydrogens is 332 g/mol. The zero-order valence-corrected chi connectivity index (χ0v) is 14.0. The fourth-order valence-corrected chi connectivity index (χ4v) is 1.95. The Labute approximate surface area is 145 Å². The summed E-state index contributed by atoms with van der Waals surface area (Å²) >= 11 is 5.77. The van der Waals surface area contributed by atoms with Crippen molar-refractivity contribution in [1.82, 2.24) is 5.43 Å². The lowest BCUT2D eigenvalue weighted by molar-refractivity contribution is -0.123. The molecule has 126 valence electrons. The lowest BCUT2D eigenvalue weighted by Gasteiger charge is -2.07. The van der Waals surface area contributed by atoms with Crippen LogP contribution < -0.4 is 19.6 Å². The molecule has 2 aromatic carbocycles. The summed E-state index contributed by atoms with van der Waals surface area (Å²) in [5, 5.41) is 4.49. The molecule has 0 aliphatic carbocycles. The van der Waals surface area contributed by atoms with Gasteiger partial charge in [0, 0.05) is 10.6 Å². The molecule has 0 radical (unpaired) electrons. The summed E-state index contributed by atoms with van der Waals surface area (Å²) in [6.45, 7) is -0.159. The van der Waals surface area contributed by atoms with E-state index >= 15 is 0 Å². The van der Waals surface area contributed by atoms with Crippen LogP contribution in [0.3, 0.4) is 0 Å². The Morgan fingerprint density at radius 3 is 2.50 bits per heavy atom. The normalized spacial score (nSPS) is 10.5. The maximum absolute atomic E-state index is 11.7. The van der Waals surface area contributed by atoms with Gasteiger partial charge in [0.05, 0.1) is 20.4 Å². The molecule has 0 aliphatic heterocycles. The van der Waals surface area contributed by atoms with E-state index in [9.17, 15) is 4.79 Å². The molecule has 0 aliphatic rings. The van der Waals surface area contributed by atoms with E-state index in [0.717, 1.165) is 0 Å². The number of carbonyl (C=O) groups is 1. The number of ether oxygens (including phenoxy) is 3. The van der Waals surface area contributed by atoms with Crippen LogP contribution in [-0.4, -0.2) is 32.9 Å². The molecule has 24 heavy (non-hydrogen) atoms. The highest BCUT2D eigenvalue weighted by Gasteiger charge is 2.04. The molecule has 2 rings (SSSR count). The lowest BCUT2D eigenvalue weighted by atomic mass is 10.2. The number of halogens is 1. The van der Waals surface area contributed by atoms with Crippen molar-refractivity contribution in [3.8, 4) is 17.2 Å². The van der Waals surface area contributed by atoms with Crippen LogP contribution in [0.25, 0.3) is 0 Å². The first-order valence-corrected chi connectivity index (χ1v) is 7.42. The molecular formula is C17H17ClN2O4. The summed E-state index contributed by atoms with van der Waals surface area (Å²) in [4.78, 5) is 11.7. The first-order valence-electron chi connectivity index (χ1n) is 7.04. The SMILES string of the molecule is COc1ccc(OC)c(/C=N/NC(=O)COc2ccc(Cl)cc2)c1. The molecule has 7 heteroatoms. The molecule has 1 N–H and O–H groups in total. The molecule has 0 saturated carbocycles. The Morgan fingerprint density at radius 2 is 1.83 bits per heavy atom. The van der Waals surface area contributed by atoms with Gasteiger partial charge in [0.1, 0.15) is 17.2 Å². The predicted octanol–water partition coefficient (Wildman–Crippen LogP) is 2.89. The summed E-state index contributed by atoms with van der Waals surface area (Å²) in [5.74, 6) is 1.44. The fraction of sp³-hybridized carbons (Fsp3) is 0.176. The van der Waals surface area contributed by atoms with E-state index in [4.69, 9.17) is 25.8 Å². The van der Waals surface area contributed by atoms with Gasteiger partial charge in [0.2, 0.25) is 0 Å². The van der Waals surface area contributed by atoms with Crippen LogP contribution in [0.15, 0.2) is 47.6 Å². The zero-order valence-electron chi connectivity index (χ0n) is 13.3. The van der Waals surface area contributed by atoms with E-state index in [1.807, 2.05) is 0 Å². The highest BCUT2D eigenvalue weighted by molar-refractivity contribution is 6.30. The predicted molar refractivity (Wildman–Crippen MR) is 92.2 cm³/mol. The number of carbonyl (C=O) groups excluding carboxylic acids is 1. The molecule has 0 fully saturated rings. The van der Waals surface area contributed by atoms with Gasteiger partial charge < -0.3 is 14.2 Å². The summed E-state index contributed by atoms with van der Waals surface area (Å²) in [6.07, 6.45) is 1.47. The number of amides is 1. The van der Waals surface area contributed by atoms with Gasteiger partial charge in [0.15, 0.2) is 6.61 Å². The first-order chi connectivity index (χ1) is 11.6. The second-order valence-electron chi connectivity index (χ2n) is 4.64. The number of hydrogen-bond acceptors (Lipinski definition) is 5. The van der Waals surface area contributed by atoms with Crippen molar-refractivity contribution in [2.45, 2.75) is 0 Å². The van der Waals surface area contributed by atoms with Crippen molar-refractivity contribution < 1.29 is 19.0 Å². The molecule has 1 amide bonds. The number of hydrogen-bond donors (Lipinski definition) is 1. The number of benzene rings is 2. The Bertz CT molecular complexity index is 717. The molecule has 6 nitrogen and oxygen atoms in total. The van der Waals surface area contributed by atoms with Gasteiger partial charge in [-0.05, 0) is 42.5 Å². The maximum Gasteiger partial charge on any atom is 0.277 e. The highest BCUT2D eigenvalue weighted by Crippen LogP contribution is 2.22. The van der Waals surface area contributed by atoms with Crippen molar-refractivity contribution in [1.29, 1.82) is 0 Å². The summed E-state index contributed by atoms with van der Waals surface area (Å²) in [5.41, 5.74) is 3.06. The average molecular weight is 349 g/mol. The second-order valence-corrected chi connectivity index (χ2v) is 5.08. The summed E-state index contributed by atoms with van der Waals surface area (Å²) in [6, 6.07) is 12.0. The van der Waals surface area contributed by atoms with Crippen LogP contribution in [0.4, 0.5) is 0 Å². The third-order valence-corrected chi connectivity index (χ3v) is 3.27. The minimum absolute atomic E-state index is 0.159. The van der Waals surface area contributed by atoms with Crippen molar-refractivity contribution in [2.24, 2.45) is 5.10 Å². The number of nitrogens with zero attached hydrogens (tertiary/aromatic N) is 1. The van der Waals surface area contributed by atoms with E-state index in [2.05, 4.69) is 10.5 Å². The van der Waals surface area contributed by atoms with E-state index in [0.29, 0.717) is 27.8 Å². The molecule has 2 aromatic rings. The average Bonchev–Trinajstić information content (AvgIpc) is 2.61. The number of rotatable bonds is 7. The summed E-state index contributed by atoms with van der Waals surface area (Å²) < 4.78 is 15.7. The zero-order chi connectivity index (χ0) is 17.4. The van der Waals surface area contributed by atoms with Crippen molar-refractivity contribution in [3.63, 3.8) is 0 Å². The quantitative estimate of drug-likeness (QED) is 0.617. The van der Waals surface area contributed by atoms with Crippen LogP contribution >= 0.6 is 11.6 Å². The van der Waals surface area contributed by atoms with Crippen LogP contribution in [0.5, 0.6) is 17.2 Å². The Balaban J connectivity index is 1.89. The van der Waals surface area contributed by atoms with Crippen LogP contribution in [-0.2, 0) is 4.79 Å². The van der Waals surface area contributed by atoms with Crippen molar-refractivity contribution in [3.05, 3.63) is 53.1 Å². The Morgan fingerprint density at radius 1 is 1.12 bits per heavy atom. The van der Waals surface area contributed by atoms with E-state index in [1.165, 1.54) is 6.21 Å². The van der Waals surface area contributed by atoms with Gasteiger partial charge in [-0.15, -0.1) is 0 Å². The Kier molecular flexibility index (Phi) is 6.45. The van der Waals surface area contributed by atoms with Crippen LogP contribution in [0.1, 0.15) is 5.56 Å². The molecule has 0 aromatic heterocycles. The molecule has 0 spiro atoms. The van der Waals surface area contributed by atoms with Gasteiger partial charge in [-0.3, -0.25) is 4.79 Å². The molecule has 0 heterocycles. The van der Waals surface area contributed by atoms with Gasteiger partial charge >= 0.3 is 0 Å². The third kappa shape index (κ3) is 5.17. The second kappa shape index (κ2) is 8.79. The first kappa shape index (κ1) is 17.6. The van der Waals surface area contributed by atoms with Crippen LogP contribution in [0, 0.1) is 0 Å². The van der Waals surface area contributed by atoms with E-state index < -0.39 is 0 Å². The molecule has 0 unspecified atom stereocenters. The molecule has 0 saturated heterocycles.